The molecule has 1 aliphatic heterocycles. The molecular formula is C20H25N3O2. The number of nitrogens with zero attached hydrogens (tertiary/aromatic N) is 3. The fourth-order valence-corrected chi connectivity index (χ4v) is 4.17. The maximum Gasteiger partial charge on any atom is 0.232 e. The van der Waals surface area contributed by atoms with Gasteiger partial charge >= 0.3 is 0 Å². The van der Waals surface area contributed by atoms with Crippen LogP contribution in [0.5, 0.6) is 0 Å². The molecule has 2 aliphatic rings. The van der Waals surface area contributed by atoms with E-state index in [1.807, 2.05) is 35.2 Å². The third-order valence-electron chi connectivity index (χ3n) is 5.69. The summed E-state index contributed by atoms with van der Waals surface area (Å²) < 4.78 is 5.54. The molecule has 2 fully saturated rings. The second-order valence-electron chi connectivity index (χ2n) is 7.56. The molecule has 1 amide bonds. The zero-order chi connectivity index (χ0) is 17.2. The van der Waals surface area contributed by atoms with Crippen LogP contribution in [0.3, 0.4) is 0 Å². The van der Waals surface area contributed by atoms with E-state index in [-0.39, 0.29) is 5.92 Å². The van der Waals surface area contributed by atoms with Gasteiger partial charge in [0.15, 0.2) is 0 Å². The van der Waals surface area contributed by atoms with Crippen molar-refractivity contribution in [3.8, 4) is 11.4 Å². The van der Waals surface area contributed by atoms with E-state index in [1.165, 1.54) is 25.7 Å². The number of benzene rings is 1. The third-order valence-corrected chi connectivity index (χ3v) is 5.69. The number of hydrogen-bond donors (Lipinski definition) is 0. The Kier molecular flexibility index (Phi) is 4.55. The summed E-state index contributed by atoms with van der Waals surface area (Å²) in [5.41, 5.74) is 0.956. The van der Waals surface area contributed by atoms with E-state index in [0.29, 0.717) is 42.4 Å². The minimum absolute atomic E-state index is 0.137. The number of rotatable bonds is 4. The fourth-order valence-electron chi connectivity index (χ4n) is 4.17. The van der Waals surface area contributed by atoms with Crippen molar-refractivity contribution >= 4 is 5.91 Å². The Morgan fingerprint density at radius 2 is 1.96 bits per heavy atom. The number of carbonyl (C=O) groups is 1. The van der Waals surface area contributed by atoms with E-state index in [4.69, 9.17) is 4.52 Å². The summed E-state index contributed by atoms with van der Waals surface area (Å²) in [6, 6.07) is 9.85. The zero-order valence-corrected chi connectivity index (χ0v) is 14.7. The van der Waals surface area contributed by atoms with Crippen LogP contribution in [0, 0.1) is 11.8 Å². The lowest BCUT2D eigenvalue weighted by atomic mass is 9.98. The lowest BCUT2D eigenvalue weighted by molar-refractivity contribution is -0.131. The number of aromatic nitrogens is 2. The van der Waals surface area contributed by atoms with Gasteiger partial charge in [-0.25, -0.2) is 0 Å². The van der Waals surface area contributed by atoms with Crippen molar-refractivity contribution in [3.63, 3.8) is 0 Å². The molecule has 1 saturated carbocycles. The van der Waals surface area contributed by atoms with Crippen LogP contribution in [0.4, 0.5) is 0 Å². The molecule has 0 bridgehead atoms. The average molecular weight is 339 g/mol. The van der Waals surface area contributed by atoms with Crippen LogP contribution in [0.2, 0.25) is 0 Å². The normalized spacial score (nSPS) is 24.1. The maximum atomic E-state index is 12.6. The number of hydrogen-bond acceptors (Lipinski definition) is 4. The molecule has 2 atom stereocenters. The molecule has 1 aromatic heterocycles. The van der Waals surface area contributed by atoms with Gasteiger partial charge in [0, 0.05) is 25.1 Å². The molecule has 5 heteroatoms. The van der Waals surface area contributed by atoms with E-state index in [1.54, 1.807) is 0 Å². The summed E-state index contributed by atoms with van der Waals surface area (Å²) in [6.45, 7) is 3.66. The Labute approximate surface area is 148 Å². The number of amides is 1. The van der Waals surface area contributed by atoms with E-state index in [9.17, 15) is 4.79 Å². The first-order valence-corrected chi connectivity index (χ1v) is 9.37. The summed E-state index contributed by atoms with van der Waals surface area (Å²) in [5.74, 6) is 2.65. The average Bonchev–Trinajstić information content (AvgIpc) is 3.36. The van der Waals surface area contributed by atoms with Gasteiger partial charge in [-0.3, -0.25) is 4.79 Å². The van der Waals surface area contributed by atoms with Crippen molar-refractivity contribution < 1.29 is 9.32 Å². The van der Waals surface area contributed by atoms with Crippen LogP contribution >= 0.6 is 0 Å². The quantitative estimate of drug-likeness (QED) is 0.848. The monoisotopic (exact) mass is 339 g/mol. The van der Waals surface area contributed by atoms with Gasteiger partial charge in [0.05, 0.1) is 5.92 Å². The second kappa shape index (κ2) is 6.98. The molecule has 25 heavy (non-hydrogen) atoms. The highest BCUT2D eigenvalue weighted by molar-refractivity contribution is 5.77. The topological polar surface area (TPSA) is 59.2 Å². The molecule has 1 aliphatic carbocycles. The van der Waals surface area contributed by atoms with Crippen LogP contribution in [0.1, 0.15) is 50.8 Å². The molecule has 0 N–H and O–H groups in total. The maximum absolute atomic E-state index is 12.6. The molecule has 2 heterocycles. The minimum Gasteiger partial charge on any atom is -0.342 e. The summed E-state index contributed by atoms with van der Waals surface area (Å²) >= 11 is 0. The van der Waals surface area contributed by atoms with Gasteiger partial charge in [-0.2, -0.15) is 4.98 Å². The standard InChI is InChI=1S/C20H25N3O2/c1-14-12-23(18(24)11-15-7-5-6-8-15)13-17(14)20-21-19(22-25-20)16-9-3-2-4-10-16/h2-4,9-10,14-15,17H,5-8,11-13H2,1H3/t14-,17-/m0/s1. The zero-order valence-electron chi connectivity index (χ0n) is 14.7. The highest BCUT2D eigenvalue weighted by Gasteiger charge is 2.37. The Bertz CT molecular complexity index is 722. The molecule has 5 nitrogen and oxygen atoms in total. The SMILES string of the molecule is C[C@H]1CN(C(=O)CC2CCCC2)C[C@@H]1c1nc(-c2ccccc2)no1. The molecular weight excluding hydrogens is 314 g/mol. The van der Waals surface area contributed by atoms with Gasteiger partial charge in [-0.1, -0.05) is 55.3 Å². The van der Waals surface area contributed by atoms with Crippen LogP contribution in [0.15, 0.2) is 34.9 Å². The van der Waals surface area contributed by atoms with E-state index in [2.05, 4.69) is 17.1 Å². The number of likely N-dealkylation sites (tertiary alicyclic amines) is 1. The highest BCUT2D eigenvalue weighted by Crippen LogP contribution is 2.34. The largest absolute Gasteiger partial charge is 0.342 e. The molecule has 0 spiro atoms. The summed E-state index contributed by atoms with van der Waals surface area (Å²) in [4.78, 5) is 19.2. The Morgan fingerprint density at radius 1 is 1.20 bits per heavy atom. The molecule has 4 rings (SSSR count). The van der Waals surface area contributed by atoms with Crippen LogP contribution in [-0.4, -0.2) is 34.0 Å². The van der Waals surface area contributed by atoms with Crippen molar-refractivity contribution in [2.75, 3.05) is 13.1 Å². The van der Waals surface area contributed by atoms with Gasteiger partial charge in [-0.05, 0) is 24.7 Å². The summed E-state index contributed by atoms with van der Waals surface area (Å²) in [7, 11) is 0. The smallest absolute Gasteiger partial charge is 0.232 e. The Balaban J connectivity index is 1.43. The molecule has 1 aromatic carbocycles. The summed E-state index contributed by atoms with van der Waals surface area (Å²) in [5, 5.41) is 4.13. The molecule has 2 aromatic rings. The van der Waals surface area contributed by atoms with E-state index >= 15 is 0 Å². The molecule has 132 valence electrons. The highest BCUT2D eigenvalue weighted by atomic mass is 16.5. The predicted octanol–water partition coefficient (Wildman–Crippen LogP) is 3.88. The first-order valence-electron chi connectivity index (χ1n) is 9.37. The van der Waals surface area contributed by atoms with Crippen LogP contribution in [0.25, 0.3) is 11.4 Å². The fraction of sp³-hybridized carbons (Fsp3) is 0.550. The second-order valence-corrected chi connectivity index (χ2v) is 7.56. The van der Waals surface area contributed by atoms with Crippen molar-refractivity contribution in [2.45, 2.75) is 44.9 Å². The van der Waals surface area contributed by atoms with Gasteiger partial charge in [0.1, 0.15) is 0 Å². The van der Waals surface area contributed by atoms with E-state index in [0.717, 1.165) is 12.1 Å². The molecule has 0 unspecified atom stereocenters. The predicted molar refractivity (Wildman–Crippen MR) is 94.8 cm³/mol. The minimum atomic E-state index is 0.137. The van der Waals surface area contributed by atoms with Crippen molar-refractivity contribution in [1.82, 2.24) is 15.0 Å². The van der Waals surface area contributed by atoms with Gasteiger partial charge < -0.3 is 9.42 Å². The van der Waals surface area contributed by atoms with Gasteiger partial charge in [-0.15, -0.1) is 0 Å². The summed E-state index contributed by atoms with van der Waals surface area (Å²) in [6.07, 6.45) is 5.69. The third kappa shape index (κ3) is 3.46. The van der Waals surface area contributed by atoms with E-state index < -0.39 is 0 Å². The Morgan fingerprint density at radius 3 is 2.72 bits per heavy atom. The van der Waals surface area contributed by atoms with Crippen molar-refractivity contribution in [2.24, 2.45) is 11.8 Å². The lowest BCUT2D eigenvalue weighted by Gasteiger charge is -2.18. The molecule has 0 radical (unpaired) electrons. The lowest BCUT2D eigenvalue weighted by Crippen LogP contribution is -2.30. The van der Waals surface area contributed by atoms with Gasteiger partial charge in [0.2, 0.25) is 17.6 Å². The Hall–Kier alpha value is -2.17. The van der Waals surface area contributed by atoms with Crippen molar-refractivity contribution in [3.05, 3.63) is 36.2 Å². The number of carbonyl (C=O) groups excluding carboxylic acids is 1. The van der Waals surface area contributed by atoms with Crippen LogP contribution in [-0.2, 0) is 4.79 Å². The van der Waals surface area contributed by atoms with Gasteiger partial charge in [0.25, 0.3) is 0 Å². The van der Waals surface area contributed by atoms with Crippen molar-refractivity contribution in [1.29, 1.82) is 0 Å². The van der Waals surface area contributed by atoms with Crippen LogP contribution < -0.4 is 0 Å². The molecule has 1 saturated heterocycles. The first kappa shape index (κ1) is 16.3. The first-order chi connectivity index (χ1) is 12.2.